The zero-order chi connectivity index (χ0) is 22.5. The molecule has 2 aromatic heterocycles. The van der Waals surface area contributed by atoms with Crippen LogP contribution in [0.25, 0.3) is 22.9 Å². The zero-order valence-electron chi connectivity index (χ0n) is 17.7. The molecule has 0 aliphatic carbocycles. The van der Waals surface area contributed by atoms with Crippen molar-refractivity contribution in [2.75, 3.05) is 13.6 Å². The molecule has 8 heteroatoms. The maximum absolute atomic E-state index is 12.7. The summed E-state index contributed by atoms with van der Waals surface area (Å²) in [6.45, 7) is 2.19. The van der Waals surface area contributed by atoms with Crippen LogP contribution < -0.4 is 5.32 Å². The molecule has 4 aromatic rings. The van der Waals surface area contributed by atoms with Gasteiger partial charge in [0.2, 0.25) is 17.7 Å². The second-order valence-electron chi connectivity index (χ2n) is 7.32. The van der Waals surface area contributed by atoms with E-state index in [0.717, 1.165) is 11.1 Å². The standard InChI is InChI=1S/C24H22N4O4/c1-16-6-3-4-8-20(16)23-27-26-22(32-23)17-9-11-18(12-10-17)24(30)28(2)15-21(29)25-14-19-7-5-13-31-19/h3-13H,14-15H2,1-2H3,(H,25,29). The summed E-state index contributed by atoms with van der Waals surface area (Å²) in [5.74, 6) is 0.917. The third-order valence-corrected chi connectivity index (χ3v) is 4.95. The molecule has 8 nitrogen and oxygen atoms in total. The summed E-state index contributed by atoms with van der Waals surface area (Å²) < 4.78 is 11.0. The molecule has 2 heterocycles. The predicted octanol–water partition coefficient (Wildman–Crippen LogP) is 3.69. The van der Waals surface area contributed by atoms with E-state index in [-0.39, 0.29) is 24.9 Å². The second-order valence-corrected chi connectivity index (χ2v) is 7.32. The van der Waals surface area contributed by atoms with Crippen molar-refractivity contribution in [3.05, 3.63) is 83.8 Å². The highest BCUT2D eigenvalue weighted by Crippen LogP contribution is 2.26. The molecule has 0 aliphatic heterocycles. The monoisotopic (exact) mass is 430 g/mol. The van der Waals surface area contributed by atoms with Gasteiger partial charge in [0.15, 0.2) is 0 Å². The van der Waals surface area contributed by atoms with Gasteiger partial charge in [0.25, 0.3) is 5.91 Å². The van der Waals surface area contributed by atoms with Crippen molar-refractivity contribution in [3.63, 3.8) is 0 Å². The van der Waals surface area contributed by atoms with E-state index in [9.17, 15) is 9.59 Å². The summed E-state index contributed by atoms with van der Waals surface area (Å²) in [5, 5.41) is 11.0. The smallest absolute Gasteiger partial charge is 0.254 e. The molecule has 0 saturated heterocycles. The van der Waals surface area contributed by atoms with Crippen molar-refractivity contribution in [1.29, 1.82) is 0 Å². The van der Waals surface area contributed by atoms with E-state index < -0.39 is 0 Å². The van der Waals surface area contributed by atoms with Crippen LogP contribution in [0.1, 0.15) is 21.7 Å². The molecule has 2 amide bonds. The average Bonchev–Trinajstić information content (AvgIpc) is 3.50. The Kier molecular flexibility index (Phi) is 6.12. The summed E-state index contributed by atoms with van der Waals surface area (Å²) in [4.78, 5) is 26.1. The third kappa shape index (κ3) is 4.75. The summed E-state index contributed by atoms with van der Waals surface area (Å²) in [6, 6.07) is 18.1. The van der Waals surface area contributed by atoms with Crippen LogP contribution in [0.15, 0.2) is 75.8 Å². The fraction of sp³-hybridized carbons (Fsp3) is 0.167. The lowest BCUT2D eigenvalue weighted by Crippen LogP contribution is -2.38. The number of hydrogen-bond acceptors (Lipinski definition) is 6. The van der Waals surface area contributed by atoms with Crippen LogP contribution in [0.3, 0.4) is 0 Å². The highest BCUT2D eigenvalue weighted by Gasteiger charge is 2.17. The molecule has 162 valence electrons. The molecule has 0 aliphatic rings. The number of rotatable bonds is 7. The Hall–Kier alpha value is -4.20. The van der Waals surface area contributed by atoms with Crippen LogP contribution in [-0.4, -0.2) is 40.5 Å². The Bertz CT molecular complexity index is 1210. The normalized spacial score (nSPS) is 10.7. The second kappa shape index (κ2) is 9.30. The molecule has 0 fully saturated rings. The molecule has 0 unspecified atom stereocenters. The molecule has 0 bridgehead atoms. The van der Waals surface area contributed by atoms with E-state index in [1.807, 2.05) is 31.2 Å². The Labute approximate surface area is 184 Å². The maximum Gasteiger partial charge on any atom is 0.254 e. The highest BCUT2D eigenvalue weighted by atomic mass is 16.4. The van der Waals surface area contributed by atoms with Gasteiger partial charge in [-0.1, -0.05) is 18.2 Å². The van der Waals surface area contributed by atoms with E-state index in [2.05, 4.69) is 15.5 Å². The van der Waals surface area contributed by atoms with Crippen molar-refractivity contribution in [1.82, 2.24) is 20.4 Å². The number of furan rings is 1. The van der Waals surface area contributed by atoms with Gasteiger partial charge in [0, 0.05) is 23.7 Å². The van der Waals surface area contributed by atoms with Gasteiger partial charge in [-0.2, -0.15) is 0 Å². The Morgan fingerprint density at radius 2 is 1.72 bits per heavy atom. The van der Waals surface area contributed by atoms with Gasteiger partial charge in [0.1, 0.15) is 5.76 Å². The number of carbonyl (C=O) groups is 2. The average molecular weight is 430 g/mol. The predicted molar refractivity (Wildman–Crippen MR) is 117 cm³/mol. The lowest BCUT2D eigenvalue weighted by molar-refractivity contribution is -0.121. The van der Waals surface area contributed by atoms with E-state index in [1.165, 1.54) is 4.90 Å². The van der Waals surface area contributed by atoms with Gasteiger partial charge in [-0.05, 0) is 55.0 Å². The number of carbonyl (C=O) groups excluding carboxylic acids is 2. The minimum Gasteiger partial charge on any atom is -0.467 e. The van der Waals surface area contributed by atoms with Gasteiger partial charge >= 0.3 is 0 Å². The third-order valence-electron chi connectivity index (χ3n) is 4.95. The van der Waals surface area contributed by atoms with Crippen LogP contribution in [0.5, 0.6) is 0 Å². The molecule has 0 saturated carbocycles. The van der Waals surface area contributed by atoms with Gasteiger partial charge in [-0.3, -0.25) is 9.59 Å². The molecule has 0 spiro atoms. The van der Waals surface area contributed by atoms with Crippen LogP contribution in [0.4, 0.5) is 0 Å². The van der Waals surface area contributed by atoms with Gasteiger partial charge in [-0.15, -0.1) is 10.2 Å². The zero-order valence-corrected chi connectivity index (χ0v) is 17.7. The number of nitrogens with zero attached hydrogens (tertiary/aromatic N) is 3. The fourth-order valence-electron chi connectivity index (χ4n) is 3.18. The molecule has 1 N–H and O–H groups in total. The molecule has 32 heavy (non-hydrogen) atoms. The summed E-state index contributed by atoms with van der Waals surface area (Å²) in [5.41, 5.74) is 3.08. The van der Waals surface area contributed by atoms with E-state index in [0.29, 0.717) is 28.7 Å². The largest absolute Gasteiger partial charge is 0.467 e. The number of aryl methyl sites for hydroxylation is 1. The van der Waals surface area contributed by atoms with Gasteiger partial charge in [0.05, 0.1) is 19.4 Å². The van der Waals surface area contributed by atoms with Crippen molar-refractivity contribution >= 4 is 11.8 Å². The first kappa shape index (κ1) is 21.0. The first-order chi connectivity index (χ1) is 15.5. The lowest BCUT2D eigenvalue weighted by Gasteiger charge is -2.16. The highest BCUT2D eigenvalue weighted by molar-refractivity contribution is 5.96. The van der Waals surface area contributed by atoms with Gasteiger partial charge < -0.3 is 19.1 Å². The number of aromatic nitrogens is 2. The number of hydrogen-bond donors (Lipinski definition) is 1. The van der Waals surface area contributed by atoms with Crippen LogP contribution >= 0.6 is 0 Å². The molecular formula is C24H22N4O4. The van der Waals surface area contributed by atoms with E-state index in [1.54, 1.807) is 49.7 Å². The van der Waals surface area contributed by atoms with Crippen molar-refractivity contribution < 1.29 is 18.4 Å². The lowest BCUT2D eigenvalue weighted by atomic mass is 10.1. The van der Waals surface area contributed by atoms with Crippen molar-refractivity contribution in [3.8, 4) is 22.9 Å². The molecule has 0 atom stereocenters. The number of nitrogens with one attached hydrogen (secondary N) is 1. The summed E-state index contributed by atoms with van der Waals surface area (Å²) in [7, 11) is 1.58. The topological polar surface area (TPSA) is 101 Å². The van der Waals surface area contributed by atoms with E-state index >= 15 is 0 Å². The number of benzene rings is 2. The van der Waals surface area contributed by atoms with Crippen molar-refractivity contribution in [2.24, 2.45) is 0 Å². The molecular weight excluding hydrogens is 408 g/mol. The quantitative estimate of drug-likeness (QED) is 0.480. The molecule has 4 rings (SSSR count). The summed E-state index contributed by atoms with van der Waals surface area (Å²) >= 11 is 0. The fourth-order valence-corrected chi connectivity index (χ4v) is 3.18. The minimum absolute atomic E-state index is 0.0647. The van der Waals surface area contributed by atoms with Crippen LogP contribution in [-0.2, 0) is 11.3 Å². The summed E-state index contributed by atoms with van der Waals surface area (Å²) in [6.07, 6.45) is 1.54. The first-order valence-electron chi connectivity index (χ1n) is 10.1. The molecule has 0 radical (unpaired) electrons. The Morgan fingerprint density at radius 3 is 2.44 bits per heavy atom. The Balaban J connectivity index is 1.38. The number of likely N-dealkylation sites (N-methyl/N-ethyl adjacent to an activating group) is 1. The minimum atomic E-state index is -0.275. The first-order valence-corrected chi connectivity index (χ1v) is 10.1. The van der Waals surface area contributed by atoms with Crippen LogP contribution in [0.2, 0.25) is 0 Å². The van der Waals surface area contributed by atoms with Crippen molar-refractivity contribution in [2.45, 2.75) is 13.5 Å². The maximum atomic E-state index is 12.7. The van der Waals surface area contributed by atoms with Crippen LogP contribution in [0, 0.1) is 6.92 Å². The molecule has 2 aromatic carbocycles. The SMILES string of the molecule is Cc1ccccc1-c1nnc(-c2ccc(C(=O)N(C)CC(=O)NCc3ccco3)cc2)o1. The van der Waals surface area contributed by atoms with E-state index in [4.69, 9.17) is 8.83 Å². The number of amides is 2. The Morgan fingerprint density at radius 1 is 0.969 bits per heavy atom. The van der Waals surface area contributed by atoms with Gasteiger partial charge in [-0.25, -0.2) is 0 Å².